The van der Waals surface area contributed by atoms with Crippen LogP contribution >= 0.6 is 15.9 Å². The molecule has 0 fully saturated rings. The third kappa shape index (κ3) is 2.69. The molecule has 0 aliphatic heterocycles. The molecule has 0 unspecified atom stereocenters. The van der Waals surface area contributed by atoms with E-state index in [0.717, 1.165) is 5.33 Å². The van der Waals surface area contributed by atoms with E-state index in [4.69, 9.17) is 0 Å². The van der Waals surface area contributed by atoms with Crippen molar-refractivity contribution in [3.05, 3.63) is 54.1 Å². The van der Waals surface area contributed by atoms with Crippen LogP contribution in [0.25, 0.3) is 11.1 Å². The van der Waals surface area contributed by atoms with Crippen LogP contribution in [0, 0.1) is 0 Å². The minimum atomic E-state index is -0.785. The molecule has 0 spiro atoms. The van der Waals surface area contributed by atoms with Gasteiger partial charge >= 0.3 is 0 Å². The molecule has 0 saturated heterocycles. The number of halogens is 1. The van der Waals surface area contributed by atoms with Gasteiger partial charge in [-0.05, 0) is 16.7 Å². The van der Waals surface area contributed by atoms with Gasteiger partial charge < -0.3 is 0 Å². The van der Waals surface area contributed by atoms with E-state index in [-0.39, 0.29) is 0 Å². The number of rotatable bonds is 3. The maximum atomic E-state index is 3.58. The van der Waals surface area contributed by atoms with Crippen LogP contribution in [-0.2, 0) is 5.33 Å². The number of alkyl halides is 1. The van der Waals surface area contributed by atoms with Crippen LogP contribution in [0.4, 0.5) is 0 Å². The second-order valence-electron chi connectivity index (χ2n) is 4.53. The van der Waals surface area contributed by atoms with E-state index in [9.17, 15) is 0 Å². The van der Waals surface area contributed by atoms with Crippen molar-refractivity contribution in [2.45, 2.75) is 18.4 Å². The SMILES string of the molecule is C[SiH](C)c1ccccc1-c1ccccc1CBr. The Labute approximate surface area is 113 Å². The van der Waals surface area contributed by atoms with Gasteiger partial charge in [-0.15, -0.1) is 0 Å². The van der Waals surface area contributed by atoms with Gasteiger partial charge in [-0.1, -0.05) is 82.7 Å². The van der Waals surface area contributed by atoms with Gasteiger partial charge in [0.25, 0.3) is 0 Å². The summed E-state index contributed by atoms with van der Waals surface area (Å²) in [5, 5.41) is 2.47. The van der Waals surface area contributed by atoms with E-state index in [0.29, 0.717) is 0 Å². The van der Waals surface area contributed by atoms with Crippen molar-refractivity contribution in [1.29, 1.82) is 0 Å². The summed E-state index contributed by atoms with van der Waals surface area (Å²) >= 11 is 3.58. The van der Waals surface area contributed by atoms with Crippen LogP contribution in [0.5, 0.6) is 0 Å². The van der Waals surface area contributed by atoms with Crippen LogP contribution in [0.2, 0.25) is 13.1 Å². The molecular formula is C15H17BrSi. The molecule has 2 heteroatoms. The maximum Gasteiger partial charge on any atom is 0.0655 e. The second-order valence-corrected chi connectivity index (χ2v) is 8.02. The van der Waals surface area contributed by atoms with E-state index in [1.165, 1.54) is 16.7 Å². The molecule has 2 aromatic rings. The summed E-state index contributed by atoms with van der Waals surface area (Å²) < 4.78 is 0. The summed E-state index contributed by atoms with van der Waals surface area (Å²) in [7, 11) is -0.785. The quantitative estimate of drug-likeness (QED) is 0.595. The largest absolute Gasteiger partial charge is 0.0876 e. The first-order valence-electron chi connectivity index (χ1n) is 5.97. The lowest BCUT2D eigenvalue weighted by Crippen LogP contribution is -2.24. The first kappa shape index (κ1) is 12.6. The molecule has 88 valence electrons. The fourth-order valence-electron chi connectivity index (χ4n) is 2.15. The van der Waals surface area contributed by atoms with Crippen LogP contribution in [0.15, 0.2) is 48.5 Å². The lowest BCUT2D eigenvalue weighted by Gasteiger charge is -2.14. The van der Waals surface area contributed by atoms with Crippen molar-refractivity contribution in [3.63, 3.8) is 0 Å². The molecule has 0 amide bonds. The van der Waals surface area contributed by atoms with Gasteiger partial charge in [0.1, 0.15) is 0 Å². The normalized spacial score (nSPS) is 10.8. The molecule has 2 aromatic carbocycles. The summed E-state index contributed by atoms with van der Waals surface area (Å²) in [5.41, 5.74) is 4.17. The highest BCUT2D eigenvalue weighted by atomic mass is 79.9. The average Bonchev–Trinajstić information content (AvgIpc) is 2.38. The Morgan fingerprint density at radius 2 is 1.47 bits per heavy atom. The van der Waals surface area contributed by atoms with Crippen molar-refractivity contribution < 1.29 is 0 Å². The third-order valence-electron chi connectivity index (χ3n) is 3.03. The van der Waals surface area contributed by atoms with Gasteiger partial charge in [0.15, 0.2) is 0 Å². The molecule has 2 rings (SSSR count). The van der Waals surface area contributed by atoms with Gasteiger partial charge in [0.05, 0.1) is 8.80 Å². The predicted octanol–water partition coefficient (Wildman–Crippen LogP) is 3.94. The summed E-state index contributed by atoms with van der Waals surface area (Å²) in [5.74, 6) is 0. The van der Waals surface area contributed by atoms with E-state index >= 15 is 0 Å². The fourth-order valence-corrected chi connectivity index (χ4v) is 4.00. The number of benzene rings is 2. The van der Waals surface area contributed by atoms with Gasteiger partial charge in [-0.3, -0.25) is 0 Å². The summed E-state index contributed by atoms with van der Waals surface area (Å²) in [4.78, 5) is 0. The standard InChI is InChI=1S/C15H17BrSi/c1-17(2)15-10-6-5-9-14(15)13-8-4-3-7-12(13)11-16/h3-10,17H,11H2,1-2H3. The molecule has 0 aliphatic carbocycles. The Balaban J connectivity index is 2.60. The molecule has 0 saturated carbocycles. The lowest BCUT2D eigenvalue weighted by molar-refractivity contribution is 1.43. The zero-order valence-corrected chi connectivity index (χ0v) is 13.0. The molecular weight excluding hydrogens is 288 g/mol. The molecule has 0 aromatic heterocycles. The van der Waals surface area contributed by atoms with Crippen LogP contribution in [0.1, 0.15) is 5.56 Å². The van der Waals surface area contributed by atoms with Gasteiger partial charge in [0.2, 0.25) is 0 Å². The van der Waals surface area contributed by atoms with Crippen molar-refractivity contribution in [1.82, 2.24) is 0 Å². The molecule has 0 nitrogen and oxygen atoms in total. The Morgan fingerprint density at radius 1 is 0.882 bits per heavy atom. The van der Waals surface area contributed by atoms with Gasteiger partial charge in [-0.25, -0.2) is 0 Å². The predicted molar refractivity (Wildman–Crippen MR) is 83.0 cm³/mol. The smallest absolute Gasteiger partial charge is 0.0655 e. The zero-order chi connectivity index (χ0) is 12.3. The van der Waals surface area contributed by atoms with Crippen LogP contribution in [-0.4, -0.2) is 8.80 Å². The van der Waals surface area contributed by atoms with Crippen molar-refractivity contribution in [3.8, 4) is 11.1 Å². The fraction of sp³-hybridized carbons (Fsp3) is 0.200. The van der Waals surface area contributed by atoms with Crippen LogP contribution in [0.3, 0.4) is 0 Å². The monoisotopic (exact) mass is 304 g/mol. The highest BCUT2D eigenvalue weighted by molar-refractivity contribution is 9.08. The number of hydrogen-bond donors (Lipinski definition) is 0. The van der Waals surface area contributed by atoms with E-state index in [1.807, 2.05) is 0 Å². The third-order valence-corrected chi connectivity index (χ3v) is 5.39. The first-order valence-corrected chi connectivity index (χ1v) is 9.98. The average molecular weight is 305 g/mol. The van der Waals surface area contributed by atoms with E-state index < -0.39 is 8.80 Å². The van der Waals surface area contributed by atoms with Gasteiger partial charge in [-0.2, -0.15) is 0 Å². The first-order chi connectivity index (χ1) is 8.24. The van der Waals surface area contributed by atoms with Crippen molar-refractivity contribution in [2.75, 3.05) is 0 Å². The minimum Gasteiger partial charge on any atom is -0.0876 e. The minimum absolute atomic E-state index is 0.785. The lowest BCUT2D eigenvalue weighted by atomic mass is 10.0. The highest BCUT2D eigenvalue weighted by Gasteiger charge is 2.10. The summed E-state index contributed by atoms with van der Waals surface area (Å²) in [6.07, 6.45) is 0. The van der Waals surface area contributed by atoms with Crippen molar-refractivity contribution >= 4 is 29.9 Å². The van der Waals surface area contributed by atoms with E-state index in [2.05, 4.69) is 77.6 Å². The summed E-state index contributed by atoms with van der Waals surface area (Å²) in [6, 6.07) is 17.5. The van der Waals surface area contributed by atoms with Crippen molar-refractivity contribution in [2.24, 2.45) is 0 Å². The molecule has 17 heavy (non-hydrogen) atoms. The van der Waals surface area contributed by atoms with E-state index in [1.54, 1.807) is 5.19 Å². The molecule has 0 bridgehead atoms. The summed E-state index contributed by atoms with van der Waals surface area (Å²) in [6.45, 7) is 4.77. The molecule has 0 radical (unpaired) electrons. The number of hydrogen-bond acceptors (Lipinski definition) is 0. The van der Waals surface area contributed by atoms with Gasteiger partial charge in [0, 0.05) is 5.33 Å². The van der Waals surface area contributed by atoms with Crippen LogP contribution < -0.4 is 5.19 Å². The molecule has 0 N–H and O–H groups in total. The molecule has 0 heterocycles. The zero-order valence-electron chi connectivity index (χ0n) is 10.3. The molecule has 0 atom stereocenters. The Bertz CT molecular complexity index is 506. The molecule has 0 aliphatic rings. The topological polar surface area (TPSA) is 0 Å². The Hall–Kier alpha value is -0.863. The Morgan fingerprint density at radius 3 is 2.12 bits per heavy atom. The highest BCUT2D eigenvalue weighted by Crippen LogP contribution is 2.24. The second kappa shape index (κ2) is 5.65. The Kier molecular flexibility index (Phi) is 4.19. The maximum absolute atomic E-state index is 3.58.